The molecule has 1 aliphatic heterocycles. The van der Waals surface area contributed by atoms with Crippen molar-refractivity contribution in [3.05, 3.63) is 88.9 Å². The first-order valence-corrected chi connectivity index (χ1v) is 8.92. The molecule has 0 fully saturated rings. The van der Waals surface area contributed by atoms with Gasteiger partial charge in [-0.3, -0.25) is 4.79 Å². The van der Waals surface area contributed by atoms with Crippen LogP contribution in [0.25, 0.3) is 0 Å². The largest absolute Gasteiger partial charge is 0.497 e. The lowest BCUT2D eigenvalue weighted by Crippen LogP contribution is -2.29. The molecule has 134 valence electrons. The van der Waals surface area contributed by atoms with Gasteiger partial charge >= 0.3 is 0 Å². The third-order valence-corrected chi connectivity index (χ3v) is 4.76. The highest BCUT2D eigenvalue weighted by molar-refractivity contribution is 6.56. The van der Waals surface area contributed by atoms with E-state index in [-0.39, 0.29) is 5.91 Å². The van der Waals surface area contributed by atoms with Crippen LogP contribution in [-0.4, -0.2) is 18.7 Å². The first-order valence-electron chi connectivity index (χ1n) is 8.55. The van der Waals surface area contributed by atoms with Gasteiger partial charge in [-0.2, -0.15) is 0 Å². The van der Waals surface area contributed by atoms with Gasteiger partial charge in [0.15, 0.2) is 0 Å². The van der Waals surface area contributed by atoms with Crippen LogP contribution in [0, 0.1) is 0 Å². The van der Waals surface area contributed by atoms with Crippen LogP contribution >= 0.6 is 11.6 Å². The number of carbonyl (C=O) groups is 1. The van der Waals surface area contributed by atoms with Gasteiger partial charge in [-0.1, -0.05) is 54.1 Å². The summed E-state index contributed by atoms with van der Waals surface area (Å²) in [4.78, 5) is 19.4. The van der Waals surface area contributed by atoms with Gasteiger partial charge in [-0.15, -0.1) is 0 Å². The molecule has 0 saturated heterocycles. The van der Waals surface area contributed by atoms with E-state index >= 15 is 0 Å². The minimum absolute atomic E-state index is 0.155. The Morgan fingerprint density at radius 3 is 2.41 bits per heavy atom. The maximum absolute atomic E-state index is 13.2. The van der Waals surface area contributed by atoms with E-state index in [4.69, 9.17) is 16.3 Å². The molecule has 1 amide bonds. The Bertz CT molecular complexity index is 1010. The summed E-state index contributed by atoms with van der Waals surface area (Å²) in [5.74, 6) is 0.587. The first-order chi connectivity index (χ1) is 13.2. The number of hydrogen-bond donors (Lipinski definition) is 0. The molecule has 0 unspecified atom stereocenters. The Morgan fingerprint density at radius 2 is 1.70 bits per heavy atom. The lowest BCUT2D eigenvalue weighted by molar-refractivity contribution is -0.112. The number of aliphatic imine (C=N–C) groups is 1. The molecule has 4 rings (SSSR count). The van der Waals surface area contributed by atoms with Crippen molar-refractivity contribution >= 4 is 34.6 Å². The van der Waals surface area contributed by atoms with E-state index in [1.807, 2.05) is 66.7 Å². The molecule has 0 radical (unpaired) electrons. The fourth-order valence-corrected chi connectivity index (χ4v) is 3.41. The summed E-state index contributed by atoms with van der Waals surface area (Å²) in [5.41, 5.74) is 3.57. The number of nitrogens with zero attached hydrogens (tertiary/aromatic N) is 2. The summed E-state index contributed by atoms with van der Waals surface area (Å²) >= 11 is 6.44. The van der Waals surface area contributed by atoms with Crippen LogP contribution in [0.15, 0.2) is 77.8 Å². The summed E-state index contributed by atoms with van der Waals surface area (Å²) < 4.78 is 5.17. The molecule has 0 aromatic heterocycles. The van der Waals surface area contributed by atoms with Crippen molar-refractivity contribution in [3.8, 4) is 5.75 Å². The minimum Gasteiger partial charge on any atom is -0.497 e. The fourth-order valence-electron chi connectivity index (χ4n) is 3.14. The van der Waals surface area contributed by atoms with Crippen molar-refractivity contribution in [2.24, 2.45) is 4.99 Å². The zero-order valence-corrected chi connectivity index (χ0v) is 15.5. The van der Waals surface area contributed by atoms with Crippen LogP contribution in [0.2, 0.25) is 5.02 Å². The van der Waals surface area contributed by atoms with Gasteiger partial charge in [-0.05, 0) is 35.9 Å². The number of methoxy groups -OCH3 is 1. The molecule has 1 aliphatic rings. The Hall–Kier alpha value is -3.11. The molecule has 0 aliphatic carbocycles. The van der Waals surface area contributed by atoms with Crippen LogP contribution in [0.5, 0.6) is 5.75 Å². The molecule has 0 saturated carbocycles. The summed E-state index contributed by atoms with van der Waals surface area (Å²) in [6, 6.07) is 22.6. The topological polar surface area (TPSA) is 41.9 Å². The maximum Gasteiger partial charge on any atom is 0.277 e. The third-order valence-electron chi connectivity index (χ3n) is 4.46. The standard InChI is InChI=1S/C22H17ClN2O2/c1-27-17-12-10-16(11-13-17)24-20-18-8-5-9-19(23)21(18)25(22(20)26)14-15-6-3-2-4-7-15/h2-13H,14H2,1H3. The third kappa shape index (κ3) is 3.32. The average molecular weight is 377 g/mol. The van der Waals surface area contributed by atoms with Gasteiger partial charge in [0.05, 0.1) is 30.1 Å². The van der Waals surface area contributed by atoms with E-state index in [1.54, 1.807) is 18.1 Å². The second-order valence-electron chi connectivity index (χ2n) is 6.17. The molecular weight excluding hydrogens is 360 g/mol. The van der Waals surface area contributed by atoms with Crippen molar-refractivity contribution in [2.75, 3.05) is 12.0 Å². The van der Waals surface area contributed by atoms with Gasteiger partial charge in [0.1, 0.15) is 11.5 Å². The normalized spacial score (nSPS) is 14.5. The lowest BCUT2D eigenvalue weighted by atomic mass is 10.1. The summed E-state index contributed by atoms with van der Waals surface area (Å²) in [6.07, 6.45) is 0. The van der Waals surface area contributed by atoms with E-state index in [9.17, 15) is 4.79 Å². The Kier molecular flexibility index (Phi) is 4.65. The number of ether oxygens (including phenoxy) is 1. The quantitative estimate of drug-likeness (QED) is 0.641. The van der Waals surface area contributed by atoms with Crippen LogP contribution in [0.4, 0.5) is 11.4 Å². The molecule has 27 heavy (non-hydrogen) atoms. The van der Waals surface area contributed by atoms with Crippen LogP contribution in [0.1, 0.15) is 11.1 Å². The van der Waals surface area contributed by atoms with Gasteiger partial charge in [0, 0.05) is 5.56 Å². The second kappa shape index (κ2) is 7.25. The highest BCUT2D eigenvalue weighted by atomic mass is 35.5. The van der Waals surface area contributed by atoms with Gasteiger partial charge in [0.25, 0.3) is 5.91 Å². The number of fused-ring (bicyclic) bond motifs is 1. The van der Waals surface area contributed by atoms with E-state index < -0.39 is 0 Å². The number of amides is 1. The van der Waals surface area contributed by atoms with Crippen molar-refractivity contribution < 1.29 is 9.53 Å². The van der Waals surface area contributed by atoms with Crippen LogP contribution in [0.3, 0.4) is 0 Å². The lowest BCUT2D eigenvalue weighted by Gasteiger charge is -2.18. The number of halogens is 1. The number of benzene rings is 3. The Labute approximate surface area is 162 Å². The summed E-state index contributed by atoms with van der Waals surface area (Å²) in [5, 5.41) is 0.539. The molecule has 0 spiro atoms. The van der Waals surface area contributed by atoms with Crippen molar-refractivity contribution in [2.45, 2.75) is 6.54 Å². The molecule has 0 bridgehead atoms. The highest BCUT2D eigenvalue weighted by Crippen LogP contribution is 2.38. The van der Waals surface area contributed by atoms with Gasteiger partial charge in [0.2, 0.25) is 0 Å². The molecule has 4 nitrogen and oxygen atoms in total. The number of para-hydroxylation sites is 1. The summed E-state index contributed by atoms with van der Waals surface area (Å²) in [7, 11) is 1.61. The smallest absolute Gasteiger partial charge is 0.277 e. The maximum atomic E-state index is 13.2. The van der Waals surface area contributed by atoms with Crippen LogP contribution < -0.4 is 9.64 Å². The predicted molar refractivity (Wildman–Crippen MR) is 108 cm³/mol. The predicted octanol–water partition coefficient (Wildman–Crippen LogP) is 5.02. The zero-order valence-electron chi connectivity index (χ0n) is 14.7. The first kappa shape index (κ1) is 17.3. The summed E-state index contributed by atoms with van der Waals surface area (Å²) in [6.45, 7) is 0.442. The minimum atomic E-state index is -0.155. The van der Waals surface area contributed by atoms with E-state index in [1.165, 1.54) is 0 Å². The molecular formula is C22H17ClN2O2. The zero-order chi connectivity index (χ0) is 18.8. The molecule has 0 atom stereocenters. The van der Waals surface area contributed by atoms with Gasteiger partial charge in [-0.25, -0.2) is 4.99 Å². The average Bonchev–Trinajstić information content (AvgIpc) is 2.96. The number of rotatable bonds is 4. The van der Waals surface area contributed by atoms with Crippen molar-refractivity contribution in [3.63, 3.8) is 0 Å². The monoisotopic (exact) mass is 376 g/mol. The SMILES string of the molecule is COc1ccc(N=C2C(=O)N(Cc3ccccc3)c3c(Cl)cccc32)cc1. The Morgan fingerprint density at radius 1 is 0.963 bits per heavy atom. The molecule has 5 heteroatoms. The second-order valence-corrected chi connectivity index (χ2v) is 6.58. The fraction of sp³-hybridized carbons (Fsp3) is 0.0909. The number of hydrogen-bond acceptors (Lipinski definition) is 3. The number of carbonyl (C=O) groups excluding carboxylic acids is 1. The Balaban J connectivity index is 1.76. The van der Waals surface area contributed by atoms with E-state index in [2.05, 4.69) is 4.99 Å². The molecule has 0 N–H and O–H groups in total. The van der Waals surface area contributed by atoms with E-state index in [0.29, 0.717) is 28.7 Å². The van der Waals surface area contributed by atoms with Crippen LogP contribution in [-0.2, 0) is 11.3 Å². The number of anilines is 1. The molecule has 3 aromatic carbocycles. The molecule has 1 heterocycles. The van der Waals surface area contributed by atoms with E-state index in [0.717, 1.165) is 16.9 Å². The van der Waals surface area contributed by atoms with Crippen molar-refractivity contribution in [1.29, 1.82) is 0 Å². The highest BCUT2D eigenvalue weighted by Gasteiger charge is 2.35. The van der Waals surface area contributed by atoms with Gasteiger partial charge < -0.3 is 9.64 Å². The molecule has 3 aromatic rings. The van der Waals surface area contributed by atoms with Crippen molar-refractivity contribution in [1.82, 2.24) is 0 Å².